The van der Waals surface area contributed by atoms with Gasteiger partial charge in [0.15, 0.2) is 12.6 Å². The van der Waals surface area contributed by atoms with Crippen molar-refractivity contribution >= 4 is 23.2 Å². The van der Waals surface area contributed by atoms with Gasteiger partial charge >= 0.3 is 6.09 Å². The molecule has 9 nitrogen and oxygen atoms in total. The maximum atomic E-state index is 15.2. The molecule has 0 bridgehead atoms. The first-order chi connectivity index (χ1) is 19.1. The molecule has 1 aliphatic carbocycles. The Labute approximate surface area is 238 Å². The zero-order valence-electron chi connectivity index (χ0n) is 23.6. The molecule has 214 valence electrons. The summed E-state index contributed by atoms with van der Waals surface area (Å²) in [6.07, 6.45) is 5.40. The minimum atomic E-state index is -0.540. The van der Waals surface area contributed by atoms with Crippen LogP contribution >= 0.6 is 11.3 Å². The lowest BCUT2D eigenvalue weighted by Gasteiger charge is -2.41. The van der Waals surface area contributed by atoms with E-state index in [0.717, 1.165) is 42.1 Å². The second-order valence-corrected chi connectivity index (χ2v) is 12.5. The number of aryl methyl sites for hydroxylation is 1. The molecule has 2 aromatic heterocycles. The fourth-order valence-electron chi connectivity index (χ4n) is 5.06. The van der Waals surface area contributed by atoms with E-state index >= 15 is 4.39 Å². The number of halogens is 1. The summed E-state index contributed by atoms with van der Waals surface area (Å²) in [5, 5.41) is 9.76. The van der Waals surface area contributed by atoms with E-state index in [1.165, 1.54) is 24.5 Å². The molecule has 0 unspecified atom stereocenters. The molecule has 3 aromatic rings. The van der Waals surface area contributed by atoms with Crippen LogP contribution in [0.4, 0.5) is 15.0 Å². The number of carbonyl (C=O) groups is 1. The van der Waals surface area contributed by atoms with E-state index in [1.54, 1.807) is 12.3 Å². The lowest BCUT2D eigenvalue weighted by atomic mass is 9.90. The molecule has 11 heteroatoms. The van der Waals surface area contributed by atoms with Gasteiger partial charge in [0.25, 0.3) is 0 Å². The summed E-state index contributed by atoms with van der Waals surface area (Å²) in [5.41, 5.74) is 0.844. The number of nitrogens with zero attached hydrogens (tertiary/aromatic N) is 5. The number of thiazole rings is 1. The van der Waals surface area contributed by atoms with Gasteiger partial charge in [0.05, 0.1) is 21.6 Å². The van der Waals surface area contributed by atoms with Gasteiger partial charge < -0.3 is 24.0 Å². The highest BCUT2D eigenvalue weighted by Crippen LogP contribution is 2.38. The number of hydrogen-bond donors (Lipinski definition) is 0. The number of ether oxygens (including phenoxy) is 3. The van der Waals surface area contributed by atoms with Crippen molar-refractivity contribution in [1.82, 2.24) is 20.1 Å². The van der Waals surface area contributed by atoms with Gasteiger partial charge in [-0.25, -0.2) is 14.2 Å². The van der Waals surface area contributed by atoms with Crippen LogP contribution in [-0.2, 0) is 9.47 Å². The van der Waals surface area contributed by atoms with Crippen molar-refractivity contribution < 1.29 is 23.4 Å². The topological polar surface area (TPSA) is 89.9 Å². The van der Waals surface area contributed by atoms with E-state index < -0.39 is 11.4 Å². The number of rotatable bonds is 8. The summed E-state index contributed by atoms with van der Waals surface area (Å²) in [6, 6.07) is 7.05. The van der Waals surface area contributed by atoms with Crippen LogP contribution < -0.4 is 9.64 Å². The molecule has 1 aromatic carbocycles. The number of anilines is 1. The van der Waals surface area contributed by atoms with Crippen LogP contribution in [0.25, 0.3) is 21.7 Å². The van der Waals surface area contributed by atoms with Crippen molar-refractivity contribution in [2.24, 2.45) is 0 Å². The van der Waals surface area contributed by atoms with Gasteiger partial charge in [0, 0.05) is 43.6 Å². The summed E-state index contributed by atoms with van der Waals surface area (Å²) in [5.74, 6) is 0.761. The average Bonchev–Trinajstić information content (AvgIpc) is 3.53. The minimum absolute atomic E-state index is 0.00954. The van der Waals surface area contributed by atoms with Gasteiger partial charge in [0.1, 0.15) is 17.2 Å². The van der Waals surface area contributed by atoms with Crippen molar-refractivity contribution in [2.45, 2.75) is 71.1 Å². The lowest BCUT2D eigenvalue weighted by molar-refractivity contribution is -0.00351. The van der Waals surface area contributed by atoms with Gasteiger partial charge in [-0.3, -0.25) is 0 Å². The van der Waals surface area contributed by atoms with Gasteiger partial charge in [-0.05, 0) is 77.6 Å². The predicted octanol–water partition coefficient (Wildman–Crippen LogP) is 6.07. The highest BCUT2D eigenvalue weighted by molar-refractivity contribution is 7.15. The third-order valence-corrected chi connectivity index (χ3v) is 8.11. The van der Waals surface area contributed by atoms with Crippen LogP contribution in [-0.4, -0.2) is 70.9 Å². The van der Waals surface area contributed by atoms with Gasteiger partial charge in [-0.15, -0.1) is 21.5 Å². The SMILES string of the molecule is COCOc1cc(-c2cnc(C)s2)c(F)cc1-c1ccc(N2CC[C@@H](N(C(=O)OC(C)(C)C)C3CCC3)C2)nn1. The van der Waals surface area contributed by atoms with Crippen molar-refractivity contribution in [3.63, 3.8) is 0 Å². The van der Waals surface area contributed by atoms with E-state index in [-0.39, 0.29) is 25.0 Å². The Morgan fingerprint density at radius 1 is 1.15 bits per heavy atom. The monoisotopic (exact) mass is 569 g/mol. The maximum absolute atomic E-state index is 15.2. The number of aromatic nitrogens is 3. The minimum Gasteiger partial charge on any atom is -0.467 e. The molecule has 5 rings (SSSR count). The molecule has 1 aliphatic heterocycles. The van der Waals surface area contributed by atoms with Crippen LogP contribution in [0, 0.1) is 12.7 Å². The van der Waals surface area contributed by atoms with Crippen LogP contribution in [0.5, 0.6) is 5.75 Å². The molecule has 1 amide bonds. The second-order valence-electron chi connectivity index (χ2n) is 11.3. The Bertz CT molecular complexity index is 1340. The van der Waals surface area contributed by atoms with Gasteiger partial charge in [-0.1, -0.05) is 0 Å². The highest BCUT2D eigenvalue weighted by atomic mass is 32.1. The fourth-order valence-corrected chi connectivity index (χ4v) is 5.86. The normalized spacial score (nSPS) is 17.6. The molecule has 1 saturated heterocycles. The number of benzene rings is 1. The van der Waals surface area contributed by atoms with E-state index in [2.05, 4.69) is 20.1 Å². The molecule has 0 radical (unpaired) electrons. The van der Waals surface area contributed by atoms with Crippen LogP contribution in [0.3, 0.4) is 0 Å². The first-order valence-electron chi connectivity index (χ1n) is 13.6. The second kappa shape index (κ2) is 11.7. The van der Waals surface area contributed by atoms with E-state index in [0.29, 0.717) is 34.9 Å². The van der Waals surface area contributed by atoms with Crippen molar-refractivity contribution in [3.8, 4) is 27.4 Å². The van der Waals surface area contributed by atoms with E-state index in [4.69, 9.17) is 14.2 Å². The van der Waals surface area contributed by atoms with E-state index in [9.17, 15) is 4.79 Å². The Kier molecular flexibility index (Phi) is 8.23. The molecule has 40 heavy (non-hydrogen) atoms. The predicted molar refractivity (Wildman–Crippen MR) is 152 cm³/mol. The maximum Gasteiger partial charge on any atom is 0.410 e. The number of methoxy groups -OCH3 is 1. The third kappa shape index (κ3) is 6.20. The molecule has 1 saturated carbocycles. The summed E-state index contributed by atoms with van der Waals surface area (Å²) in [6.45, 7) is 8.99. The first kappa shape index (κ1) is 28.2. The highest BCUT2D eigenvalue weighted by Gasteiger charge is 2.40. The Balaban J connectivity index is 1.35. The lowest BCUT2D eigenvalue weighted by Crippen LogP contribution is -2.52. The first-order valence-corrected chi connectivity index (χ1v) is 14.4. The van der Waals surface area contributed by atoms with Crippen LogP contribution in [0.2, 0.25) is 0 Å². The molecule has 0 spiro atoms. The smallest absolute Gasteiger partial charge is 0.410 e. The molecular formula is C29H36FN5O4S. The van der Waals surface area contributed by atoms with Crippen molar-refractivity contribution in [1.29, 1.82) is 0 Å². The summed E-state index contributed by atoms with van der Waals surface area (Å²) >= 11 is 1.41. The third-order valence-electron chi connectivity index (χ3n) is 7.17. The van der Waals surface area contributed by atoms with Gasteiger partial charge in [-0.2, -0.15) is 0 Å². The fraction of sp³-hybridized carbons (Fsp3) is 0.517. The zero-order valence-corrected chi connectivity index (χ0v) is 24.5. The van der Waals surface area contributed by atoms with Gasteiger partial charge in [0.2, 0.25) is 0 Å². The van der Waals surface area contributed by atoms with Crippen molar-refractivity contribution in [3.05, 3.63) is 41.3 Å². The number of amides is 1. The van der Waals surface area contributed by atoms with E-state index in [1.807, 2.05) is 44.7 Å². The molecule has 2 aliphatic rings. The molecule has 3 heterocycles. The van der Waals surface area contributed by atoms with Crippen molar-refractivity contribution in [2.75, 3.05) is 31.9 Å². The number of carbonyl (C=O) groups excluding carboxylic acids is 1. The van der Waals surface area contributed by atoms with Crippen LogP contribution in [0.15, 0.2) is 30.5 Å². The van der Waals surface area contributed by atoms with Crippen LogP contribution in [0.1, 0.15) is 51.5 Å². The summed E-state index contributed by atoms with van der Waals surface area (Å²) in [4.78, 5) is 22.1. The summed E-state index contributed by atoms with van der Waals surface area (Å²) in [7, 11) is 1.53. The Morgan fingerprint density at radius 2 is 1.95 bits per heavy atom. The molecule has 2 fully saturated rings. The molecular weight excluding hydrogens is 533 g/mol. The Hall–Kier alpha value is -3.31. The quantitative estimate of drug-likeness (QED) is 0.302. The molecule has 1 atom stereocenters. The molecule has 0 N–H and O–H groups in total. The zero-order chi connectivity index (χ0) is 28.4. The standard InChI is InChI=1S/C29H36FN5O4S/c1-18-31-15-26(40-18)21-14-25(38-17-37-5)22(13-23(21)30)24-9-10-27(33-32-24)34-12-11-20(16-34)35(19-7-6-8-19)28(36)39-29(2,3)4/h9-10,13-15,19-20H,6-8,11-12,16-17H2,1-5H3/t20-/m1/s1. The number of hydrogen-bond acceptors (Lipinski definition) is 9. The largest absolute Gasteiger partial charge is 0.467 e. The summed E-state index contributed by atoms with van der Waals surface area (Å²) < 4.78 is 31.9. The average molecular weight is 570 g/mol. The Morgan fingerprint density at radius 3 is 2.55 bits per heavy atom.